The second-order valence-corrected chi connectivity index (χ2v) is 5.47. The van der Waals surface area contributed by atoms with Crippen LogP contribution in [-0.2, 0) is 0 Å². The second kappa shape index (κ2) is 8.97. The molecule has 1 unspecified atom stereocenters. The number of nitrogens with zero attached hydrogens (tertiary/aromatic N) is 2. The summed E-state index contributed by atoms with van der Waals surface area (Å²) >= 11 is 0. The first-order valence-electron chi connectivity index (χ1n) is 6.56. The van der Waals surface area contributed by atoms with E-state index < -0.39 is 0 Å². The van der Waals surface area contributed by atoms with Crippen LogP contribution in [0.5, 0.6) is 0 Å². The van der Waals surface area contributed by atoms with Crippen LogP contribution in [0.25, 0.3) is 0 Å². The van der Waals surface area contributed by atoms with Gasteiger partial charge in [0, 0.05) is 25.7 Å². The number of hydrogen-bond acceptors (Lipinski definition) is 3. The number of hydrogen-bond donors (Lipinski definition) is 1. The predicted octanol–water partition coefficient (Wildman–Crippen LogP) is 1.63. The average molecular weight is 229 g/mol. The van der Waals surface area contributed by atoms with Crippen molar-refractivity contribution in [1.82, 2.24) is 9.80 Å². The van der Waals surface area contributed by atoms with Gasteiger partial charge in [-0.25, -0.2) is 0 Å². The van der Waals surface area contributed by atoms with Gasteiger partial charge >= 0.3 is 0 Å². The molecule has 0 radical (unpaired) electrons. The topological polar surface area (TPSA) is 32.5 Å². The zero-order chi connectivity index (χ0) is 12.6. The molecule has 1 atom stereocenters. The third-order valence-electron chi connectivity index (χ3n) is 2.88. The predicted molar refractivity (Wildman–Crippen MR) is 72.7 cm³/mol. The molecule has 0 spiro atoms. The van der Waals surface area contributed by atoms with E-state index in [1.807, 2.05) is 0 Å². The van der Waals surface area contributed by atoms with Gasteiger partial charge in [0.2, 0.25) is 0 Å². The van der Waals surface area contributed by atoms with Crippen LogP contribution < -0.4 is 5.73 Å². The lowest BCUT2D eigenvalue weighted by molar-refractivity contribution is 0.161. The average Bonchev–Trinajstić information content (AvgIpc) is 2.19. The SMILES string of the molecule is CC(C)CN(CCN(C)C)C(C)CCCN. The molecule has 0 aromatic rings. The maximum Gasteiger partial charge on any atom is 0.0112 e. The van der Waals surface area contributed by atoms with Crippen molar-refractivity contribution in [3.05, 3.63) is 0 Å². The van der Waals surface area contributed by atoms with Crippen LogP contribution in [0.4, 0.5) is 0 Å². The van der Waals surface area contributed by atoms with E-state index in [4.69, 9.17) is 5.73 Å². The number of rotatable bonds is 9. The van der Waals surface area contributed by atoms with E-state index in [1.54, 1.807) is 0 Å². The Morgan fingerprint density at radius 2 is 1.69 bits per heavy atom. The van der Waals surface area contributed by atoms with E-state index in [9.17, 15) is 0 Å². The van der Waals surface area contributed by atoms with Crippen LogP contribution in [0.15, 0.2) is 0 Å². The van der Waals surface area contributed by atoms with Gasteiger partial charge in [0.05, 0.1) is 0 Å². The van der Waals surface area contributed by atoms with Gasteiger partial charge in [-0.05, 0) is 46.3 Å². The Hall–Kier alpha value is -0.120. The summed E-state index contributed by atoms with van der Waals surface area (Å²) in [5.41, 5.74) is 5.57. The Balaban J connectivity index is 4.06. The highest BCUT2D eigenvalue weighted by Gasteiger charge is 2.14. The fourth-order valence-corrected chi connectivity index (χ4v) is 1.88. The van der Waals surface area contributed by atoms with E-state index >= 15 is 0 Å². The van der Waals surface area contributed by atoms with E-state index in [0.29, 0.717) is 6.04 Å². The van der Waals surface area contributed by atoms with Crippen LogP contribution in [-0.4, -0.2) is 56.1 Å². The molecule has 98 valence electrons. The van der Waals surface area contributed by atoms with Gasteiger partial charge in [0.1, 0.15) is 0 Å². The molecule has 0 fully saturated rings. The normalized spacial score (nSPS) is 14.1. The maximum atomic E-state index is 5.57. The lowest BCUT2D eigenvalue weighted by Gasteiger charge is -2.31. The van der Waals surface area contributed by atoms with Gasteiger partial charge in [-0.2, -0.15) is 0 Å². The first-order valence-corrected chi connectivity index (χ1v) is 6.56. The third kappa shape index (κ3) is 8.08. The standard InChI is InChI=1S/C13H31N3/c1-12(2)11-16(10-9-15(4)5)13(3)7-6-8-14/h12-13H,6-11,14H2,1-5H3. The van der Waals surface area contributed by atoms with E-state index in [0.717, 1.165) is 32.0 Å². The summed E-state index contributed by atoms with van der Waals surface area (Å²) in [6.45, 7) is 11.2. The van der Waals surface area contributed by atoms with Crippen molar-refractivity contribution in [2.75, 3.05) is 40.3 Å². The van der Waals surface area contributed by atoms with Crippen molar-refractivity contribution in [3.8, 4) is 0 Å². The van der Waals surface area contributed by atoms with Crippen LogP contribution in [0.1, 0.15) is 33.6 Å². The van der Waals surface area contributed by atoms with Crippen molar-refractivity contribution in [2.45, 2.75) is 39.7 Å². The molecule has 3 nitrogen and oxygen atoms in total. The van der Waals surface area contributed by atoms with Crippen LogP contribution >= 0.6 is 0 Å². The fourth-order valence-electron chi connectivity index (χ4n) is 1.88. The van der Waals surface area contributed by atoms with Gasteiger partial charge < -0.3 is 10.6 Å². The summed E-state index contributed by atoms with van der Waals surface area (Å²) in [7, 11) is 4.27. The van der Waals surface area contributed by atoms with Gasteiger partial charge in [-0.1, -0.05) is 13.8 Å². The molecular weight excluding hydrogens is 198 g/mol. The summed E-state index contributed by atoms with van der Waals surface area (Å²) < 4.78 is 0. The molecule has 2 N–H and O–H groups in total. The highest BCUT2D eigenvalue weighted by atomic mass is 15.2. The fraction of sp³-hybridized carbons (Fsp3) is 1.00. The minimum absolute atomic E-state index is 0.658. The molecule has 0 aliphatic carbocycles. The summed E-state index contributed by atoms with van der Waals surface area (Å²) in [5.74, 6) is 0.738. The smallest absolute Gasteiger partial charge is 0.0112 e. The molecule has 16 heavy (non-hydrogen) atoms. The van der Waals surface area contributed by atoms with Gasteiger partial charge in [-0.15, -0.1) is 0 Å². The number of likely N-dealkylation sites (N-methyl/N-ethyl adjacent to an activating group) is 1. The van der Waals surface area contributed by atoms with Gasteiger partial charge in [-0.3, -0.25) is 4.90 Å². The summed E-state index contributed by atoms with van der Waals surface area (Å²) in [6, 6.07) is 0.658. The Morgan fingerprint density at radius 3 is 2.12 bits per heavy atom. The monoisotopic (exact) mass is 229 g/mol. The van der Waals surface area contributed by atoms with E-state index in [-0.39, 0.29) is 0 Å². The van der Waals surface area contributed by atoms with Crippen molar-refractivity contribution in [1.29, 1.82) is 0 Å². The van der Waals surface area contributed by atoms with Gasteiger partial charge in [0.15, 0.2) is 0 Å². The van der Waals surface area contributed by atoms with Crippen LogP contribution in [0, 0.1) is 5.92 Å². The summed E-state index contributed by atoms with van der Waals surface area (Å²) in [5, 5.41) is 0. The quantitative estimate of drug-likeness (QED) is 0.652. The first kappa shape index (κ1) is 15.9. The molecule has 0 aliphatic heterocycles. The lowest BCUT2D eigenvalue weighted by atomic mass is 10.1. The maximum absolute atomic E-state index is 5.57. The Kier molecular flexibility index (Phi) is 8.90. The molecule has 0 aromatic heterocycles. The van der Waals surface area contributed by atoms with Crippen molar-refractivity contribution in [2.24, 2.45) is 11.7 Å². The van der Waals surface area contributed by atoms with E-state index in [2.05, 4.69) is 44.7 Å². The molecular formula is C13H31N3. The van der Waals surface area contributed by atoms with E-state index in [1.165, 1.54) is 13.0 Å². The largest absolute Gasteiger partial charge is 0.330 e. The highest BCUT2D eigenvalue weighted by Crippen LogP contribution is 2.09. The second-order valence-electron chi connectivity index (χ2n) is 5.47. The van der Waals surface area contributed by atoms with Crippen LogP contribution in [0.2, 0.25) is 0 Å². The molecule has 0 saturated heterocycles. The Bertz CT molecular complexity index is 157. The van der Waals surface area contributed by atoms with Gasteiger partial charge in [0.25, 0.3) is 0 Å². The molecule has 0 rings (SSSR count). The summed E-state index contributed by atoms with van der Waals surface area (Å²) in [6.07, 6.45) is 2.36. The third-order valence-corrected chi connectivity index (χ3v) is 2.88. The van der Waals surface area contributed by atoms with Crippen LogP contribution in [0.3, 0.4) is 0 Å². The Labute approximate surface area is 102 Å². The zero-order valence-corrected chi connectivity index (χ0v) is 11.9. The molecule has 3 heteroatoms. The minimum atomic E-state index is 0.658. The minimum Gasteiger partial charge on any atom is -0.330 e. The molecule has 0 heterocycles. The molecule has 0 bridgehead atoms. The lowest BCUT2D eigenvalue weighted by Crippen LogP contribution is -2.40. The van der Waals surface area contributed by atoms with Crippen molar-refractivity contribution in [3.63, 3.8) is 0 Å². The van der Waals surface area contributed by atoms with Crippen molar-refractivity contribution < 1.29 is 0 Å². The summed E-state index contributed by atoms with van der Waals surface area (Å²) in [4.78, 5) is 4.85. The highest BCUT2D eigenvalue weighted by molar-refractivity contribution is 4.70. The molecule has 0 saturated carbocycles. The molecule has 0 aromatic carbocycles. The Morgan fingerprint density at radius 1 is 1.06 bits per heavy atom. The molecule has 0 amide bonds. The number of nitrogens with two attached hydrogens (primary N) is 1. The first-order chi connectivity index (χ1) is 7.47. The van der Waals surface area contributed by atoms with Crippen molar-refractivity contribution >= 4 is 0 Å². The molecule has 0 aliphatic rings. The zero-order valence-electron chi connectivity index (χ0n) is 11.9.